The van der Waals surface area contributed by atoms with Crippen molar-refractivity contribution in [1.82, 2.24) is 9.97 Å². The minimum Gasteiger partial charge on any atom is -0.443 e. The fourth-order valence-electron chi connectivity index (χ4n) is 3.14. The molecule has 0 atom stereocenters. The van der Waals surface area contributed by atoms with Gasteiger partial charge in [0, 0.05) is 30.9 Å². The second-order valence-electron chi connectivity index (χ2n) is 6.70. The van der Waals surface area contributed by atoms with Crippen LogP contribution in [-0.2, 0) is 16.0 Å². The van der Waals surface area contributed by atoms with Crippen molar-refractivity contribution in [2.75, 3.05) is 10.2 Å². The van der Waals surface area contributed by atoms with Gasteiger partial charge in [-0.25, -0.2) is 14.4 Å². The number of rotatable bonds is 5. The highest BCUT2D eigenvalue weighted by atomic mass is 35.5. The number of hydrogen-bond donors (Lipinski definition) is 1. The van der Waals surface area contributed by atoms with Crippen LogP contribution in [0.1, 0.15) is 12.5 Å². The molecule has 2 aromatic heterocycles. The molecule has 0 aliphatic rings. The number of carbonyl (C=O) groups excluding carboxylic acids is 2. The zero-order valence-electron chi connectivity index (χ0n) is 16.3. The van der Waals surface area contributed by atoms with Gasteiger partial charge in [-0.1, -0.05) is 23.7 Å². The van der Waals surface area contributed by atoms with Crippen molar-refractivity contribution in [3.8, 4) is 0 Å². The Morgan fingerprint density at radius 3 is 2.81 bits per heavy atom. The molecule has 0 aliphatic carbocycles. The van der Waals surface area contributed by atoms with Gasteiger partial charge in [-0.2, -0.15) is 0 Å². The van der Waals surface area contributed by atoms with Crippen molar-refractivity contribution in [1.29, 1.82) is 0 Å². The highest BCUT2D eigenvalue weighted by Gasteiger charge is 2.18. The van der Waals surface area contributed by atoms with E-state index in [1.54, 1.807) is 36.4 Å². The maximum atomic E-state index is 13.6. The second-order valence-corrected chi connectivity index (χ2v) is 7.08. The summed E-state index contributed by atoms with van der Waals surface area (Å²) in [6.45, 7) is 1.41. The Morgan fingerprint density at radius 1 is 1.16 bits per heavy atom. The number of carbonyl (C=O) groups is 2. The number of benzene rings is 2. The van der Waals surface area contributed by atoms with Crippen molar-refractivity contribution < 1.29 is 18.4 Å². The number of halogens is 2. The normalized spacial score (nSPS) is 10.8. The Bertz CT molecular complexity index is 1290. The van der Waals surface area contributed by atoms with Gasteiger partial charge in [0.15, 0.2) is 12.0 Å². The lowest BCUT2D eigenvalue weighted by molar-refractivity contribution is -0.116. The van der Waals surface area contributed by atoms with E-state index < -0.39 is 5.82 Å². The summed E-state index contributed by atoms with van der Waals surface area (Å²) in [4.78, 5) is 34.5. The van der Waals surface area contributed by atoms with Gasteiger partial charge < -0.3 is 9.73 Å². The average Bonchev–Trinajstić information content (AvgIpc) is 3.19. The molecule has 9 heteroatoms. The van der Waals surface area contributed by atoms with Crippen LogP contribution in [0.3, 0.4) is 0 Å². The molecule has 0 fully saturated rings. The molecular formula is C22H16ClFN4O3. The smallest absolute Gasteiger partial charge is 0.229 e. The van der Waals surface area contributed by atoms with Crippen molar-refractivity contribution >= 4 is 51.7 Å². The van der Waals surface area contributed by atoms with Crippen LogP contribution in [0, 0.1) is 5.82 Å². The number of aromatic nitrogens is 2. The van der Waals surface area contributed by atoms with Crippen LogP contribution >= 0.6 is 11.6 Å². The van der Waals surface area contributed by atoms with E-state index in [2.05, 4.69) is 15.3 Å². The average molecular weight is 439 g/mol. The predicted molar refractivity (Wildman–Crippen MR) is 115 cm³/mol. The highest BCUT2D eigenvalue weighted by molar-refractivity contribution is 6.31. The van der Waals surface area contributed by atoms with Crippen LogP contribution in [0.15, 0.2) is 65.5 Å². The van der Waals surface area contributed by atoms with Crippen molar-refractivity contribution in [2.24, 2.45) is 0 Å². The second kappa shape index (κ2) is 8.53. The lowest BCUT2D eigenvalue weighted by Gasteiger charge is -2.20. The molecule has 0 radical (unpaired) electrons. The van der Waals surface area contributed by atoms with Crippen molar-refractivity contribution in [3.05, 3.63) is 77.5 Å². The topological polar surface area (TPSA) is 88.3 Å². The molecule has 0 spiro atoms. The first-order chi connectivity index (χ1) is 14.9. The Balaban J connectivity index is 1.57. The van der Waals surface area contributed by atoms with Gasteiger partial charge in [-0.15, -0.1) is 0 Å². The molecule has 4 aromatic rings. The van der Waals surface area contributed by atoms with Gasteiger partial charge in [-0.05, 0) is 29.8 Å². The van der Waals surface area contributed by atoms with Gasteiger partial charge in [0.05, 0.1) is 17.1 Å². The zero-order valence-corrected chi connectivity index (χ0v) is 17.1. The molecule has 0 bridgehead atoms. The standard InChI is InChI=1S/C22H16ClFN4O3/c1-13(29)28(16-5-6-18-19(11-16)31-12-26-18)20-10-15(7-8-25-20)27-21(30)9-14-3-2-4-17(24)22(14)23/h2-8,10-12H,9H2,1H3,(H,25,27,30). The van der Waals surface area contributed by atoms with Crippen molar-refractivity contribution in [2.45, 2.75) is 13.3 Å². The number of pyridine rings is 1. The van der Waals surface area contributed by atoms with E-state index in [9.17, 15) is 14.0 Å². The lowest BCUT2D eigenvalue weighted by Crippen LogP contribution is -2.24. The van der Waals surface area contributed by atoms with Gasteiger partial charge in [0.25, 0.3) is 0 Å². The first-order valence-corrected chi connectivity index (χ1v) is 9.63. The van der Waals surface area contributed by atoms with E-state index in [1.807, 2.05) is 0 Å². The fraction of sp³-hybridized carbons (Fsp3) is 0.0909. The van der Waals surface area contributed by atoms with Crippen LogP contribution in [0.4, 0.5) is 21.6 Å². The maximum absolute atomic E-state index is 13.6. The Labute approximate surface area is 181 Å². The first-order valence-electron chi connectivity index (χ1n) is 9.25. The number of oxazole rings is 1. The summed E-state index contributed by atoms with van der Waals surface area (Å²) in [7, 11) is 0. The van der Waals surface area contributed by atoms with Gasteiger partial charge in [0.1, 0.15) is 17.2 Å². The third-order valence-electron chi connectivity index (χ3n) is 4.53. The number of hydrogen-bond acceptors (Lipinski definition) is 5. The SMILES string of the molecule is CC(=O)N(c1ccc2ncoc2c1)c1cc(NC(=O)Cc2cccc(F)c2Cl)ccn1. The Hall–Kier alpha value is -3.78. The van der Waals surface area contributed by atoms with Crippen LogP contribution in [-0.4, -0.2) is 21.8 Å². The van der Waals surface area contributed by atoms with E-state index in [4.69, 9.17) is 16.0 Å². The van der Waals surface area contributed by atoms with Crippen LogP contribution < -0.4 is 10.2 Å². The molecule has 7 nitrogen and oxygen atoms in total. The Kier molecular flexibility index (Phi) is 5.64. The highest BCUT2D eigenvalue weighted by Crippen LogP contribution is 2.29. The van der Waals surface area contributed by atoms with Gasteiger partial charge >= 0.3 is 0 Å². The molecule has 2 aromatic carbocycles. The van der Waals surface area contributed by atoms with Gasteiger partial charge in [0.2, 0.25) is 11.8 Å². The molecule has 2 heterocycles. The fourth-order valence-corrected chi connectivity index (χ4v) is 3.33. The number of fused-ring (bicyclic) bond motifs is 1. The van der Waals surface area contributed by atoms with Crippen LogP contribution in [0.25, 0.3) is 11.1 Å². The molecule has 4 rings (SSSR count). The maximum Gasteiger partial charge on any atom is 0.229 e. The quantitative estimate of drug-likeness (QED) is 0.479. The largest absolute Gasteiger partial charge is 0.443 e. The van der Waals surface area contributed by atoms with E-state index in [1.165, 1.54) is 36.5 Å². The summed E-state index contributed by atoms with van der Waals surface area (Å²) in [5, 5.41) is 2.64. The summed E-state index contributed by atoms with van der Waals surface area (Å²) in [6, 6.07) is 12.6. The predicted octanol–water partition coefficient (Wildman–Crippen LogP) is 4.88. The number of amides is 2. The summed E-state index contributed by atoms with van der Waals surface area (Å²) in [6.07, 6.45) is 2.70. The molecule has 0 unspecified atom stereocenters. The third-order valence-corrected chi connectivity index (χ3v) is 4.95. The monoisotopic (exact) mass is 438 g/mol. The molecule has 156 valence electrons. The number of nitrogens with one attached hydrogen (secondary N) is 1. The van der Waals surface area contributed by atoms with E-state index >= 15 is 0 Å². The number of anilines is 3. The molecule has 0 saturated heterocycles. The van der Waals surface area contributed by atoms with Crippen LogP contribution in [0.5, 0.6) is 0 Å². The summed E-state index contributed by atoms with van der Waals surface area (Å²) >= 11 is 5.92. The van der Waals surface area contributed by atoms with Crippen LogP contribution in [0.2, 0.25) is 5.02 Å². The summed E-state index contributed by atoms with van der Waals surface area (Å²) < 4.78 is 18.9. The van der Waals surface area contributed by atoms with Gasteiger partial charge in [-0.3, -0.25) is 14.5 Å². The van der Waals surface area contributed by atoms with Crippen molar-refractivity contribution in [3.63, 3.8) is 0 Å². The lowest BCUT2D eigenvalue weighted by atomic mass is 10.1. The molecule has 2 amide bonds. The molecule has 0 aliphatic heterocycles. The minimum absolute atomic E-state index is 0.0846. The summed E-state index contributed by atoms with van der Waals surface area (Å²) in [5.74, 6) is -0.935. The van der Waals surface area contributed by atoms with E-state index in [0.717, 1.165) is 0 Å². The third kappa shape index (κ3) is 4.39. The minimum atomic E-state index is -0.584. The summed E-state index contributed by atoms with van der Waals surface area (Å²) in [5.41, 5.74) is 2.53. The van der Waals surface area contributed by atoms with E-state index in [0.29, 0.717) is 33.9 Å². The molecule has 1 N–H and O–H groups in total. The molecule has 31 heavy (non-hydrogen) atoms. The number of nitrogens with zero attached hydrogens (tertiary/aromatic N) is 3. The van der Waals surface area contributed by atoms with E-state index in [-0.39, 0.29) is 23.3 Å². The Morgan fingerprint density at radius 2 is 2.00 bits per heavy atom. The molecular weight excluding hydrogens is 423 g/mol. The molecule has 0 saturated carbocycles. The zero-order chi connectivity index (χ0) is 22.0. The first kappa shape index (κ1) is 20.5.